The largest absolute Gasteiger partial charge is 0.396 e. The van der Waals surface area contributed by atoms with Gasteiger partial charge in [-0.2, -0.15) is 0 Å². The molecule has 4 rings (SSSR count). The van der Waals surface area contributed by atoms with Crippen LogP contribution in [0.4, 0.5) is 0 Å². The van der Waals surface area contributed by atoms with Crippen molar-refractivity contribution in [1.29, 1.82) is 0 Å². The zero-order valence-corrected chi connectivity index (χ0v) is 17.6. The number of rotatable bonds is 5. The summed E-state index contributed by atoms with van der Waals surface area (Å²) in [6.45, 7) is 4.17. The van der Waals surface area contributed by atoms with Gasteiger partial charge in [-0.15, -0.1) is 0 Å². The third-order valence-corrected chi connectivity index (χ3v) is 6.21. The second-order valence-electron chi connectivity index (χ2n) is 7.88. The van der Waals surface area contributed by atoms with Crippen LogP contribution >= 0.6 is 0 Å². The minimum absolute atomic E-state index is 0.134. The van der Waals surface area contributed by atoms with E-state index in [1.165, 1.54) is 6.20 Å². The molecule has 0 radical (unpaired) electrons. The standard InChI is InChI=1S/C23H26N4O4/c1-3-6-14-8-9-18-19-16(12-26(18)22(14)30)17(13-28)20(21(29)25-4-2)27(19)23(31)15-7-5-10-24-11-15/h3,5-11,16-17,19-20,28H,4,12-13H2,1-2H3,(H,25,29)/b6-3+/t16-,17-,19+,20-/m0/s1. The molecular formula is C23H26N4O4. The SMILES string of the molecule is C/C=C/c1ccc2n(c1=O)C[C@H]1[C@H](CO)[C@@H](C(=O)NCC)N(C(=O)c3cccnc3)[C@@H]21. The van der Waals surface area contributed by atoms with Gasteiger partial charge in [0.25, 0.3) is 11.5 Å². The molecule has 4 heterocycles. The van der Waals surface area contributed by atoms with Crippen molar-refractivity contribution in [3.8, 4) is 0 Å². The quantitative estimate of drug-likeness (QED) is 0.754. The Morgan fingerprint density at radius 2 is 2.13 bits per heavy atom. The average molecular weight is 422 g/mol. The number of amides is 2. The lowest BCUT2D eigenvalue weighted by Crippen LogP contribution is -2.50. The van der Waals surface area contributed by atoms with E-state index in [2.05, 4.69) is 10.3 Å². The summed E-state index contributed by atoms with van der Waals surface area (Å²) in [5, 5.41) is 13.0. The predicted molar refractivity (Wildman–Crippen MR) is 115 cm³/mol. The van der Waals surface area contributed by atoms with Gasteiger partial charge >= 0.3 is 0 Å². The summed E-state index contributed by atoms with van der Waals surface area (Å²) in [6, 6.07) is 5.61. The number of aromatic nitrogens is 2. The number of likely N-dealkylation sites (tertiary alicyclic amines) is 1. The number of hydrogen-bond acceptors (Lipinski definition) is 5. The van der Waals surface area contributed by atoms with Crippen LogP contribution in [0.2, 0.25) is 0 Å². The summed E-state index contributed by atoms with van der Waals surface area (Å²) >= 11 is 0. The fourth-order valence-corrected chi connectivity index (χ4v) is 4.95. The average Bonchev–Trinajstić information content (AvgIpc) is 3.31. The topological polar surface area (TPSA) is 105 Å². The molecule has 1 saturated heterocycles. The zero-order chi connectivity index (χ0) is 22.1. The number of allylic oxidation sites excluding steroid dienone is 1. The fourth-order valence-electron chi connectivity index (χ4n) is 4.95. The molecule has 31 heavy (non-hydrogen) atoms. The van der Waals surface area contributed by atoms with Crippen molar-refractivity contribution in [1.82, 2.24) is 19.8 Å². The Balaban J connectivity index is 1.85. The molecular weight excluding hydrogens is 396 g/mol. The summed E-state index contributed by atoms with van der Waals surface area (Å²) in [4.78, 5) is 45.1. The van der Waals surface area contributed by atoms with E-state index in [0.717, 1.165) is 0 Å². The molecule has 8 heteroatoms. The van der Waals surface area contributed by atoms with Gasteiger partial charge in [0.2, 0.25) is 5.91 Å². The maximum Gasteiger partial charge on any atom is 0.258 e. The molecule has 2 aliphatic rings. The van der Waals surface area contributed by atoms with Gasteiger partial charge in [0.1, 0.15) is 6.04 Å². The number of carbonyl (C=O) groups excluding carboxylic acids is 2. The molecule has 0 bridgehead atoms. The van der Waals surface area contributed by atoms with Crippen molar-refractivity contribution < 1.29 is 14.7 Å². The smallest absolute Gasteiger partial charge is 0.258 e. The second-order valence-corrected chi connectivity index (χ2v) is 7.88. The summed E-state index contributed by atoms with van der Waals surface area (Å²) in [6.07, 6.45) is 6.60. The lowest BCUT2D eigenvalue weighted by Gasteiger charge is -2.31. The number of pyridine rings is 2. The molecule has 2 aliphatic heterocycles. The number of carbonyl (C=O) groups is 2. The molecule has 1 fully saturated rings. The molecule has 0 aromatic carbocycles. The van der Waals surface area contributed by atoms with Crippen molar-refractivity contribution in [3.63, 3.8) is 0 Å². The van der Waals surface area contributed by atoms with Gasteiger partial charge in [0, 0.05) is 55.2 Å². The van der Waals surface area contributed by atoms with Crippen LogP contribution < -0.4 is 10.9 Å². The molecule has 2 aromatic heterocycles. The van der Waals surface area contributed by atoms with E-state index in [1.54, 1.807) is 46.0 Å². The molecule has 0 saturated carbocycles. The van der Waals surface area contributed by atoms with Crippen molar-refractivity contribution in [3.05, 3.63) is 69.9 Å². The van der Waals surface area contributed by atoms with E-state index in [9.17, 15) is 19.5 Å². The van der Waals surface area contributed by atoms with Crippen molar-refractivity contribution >= 4 is 17.9 Å². The lowest BCUT2D eigenvalue weighted by atomic mass is 9.88. The minimum Gasteiger partial charge on any atom is -0.396 e. The maximum atomic E-state index is 13.6. The van der Waals surface area contributed by atoms with Gasteiger partial charge in [-0.3, -0.25) is 19.4 Å². The van der Waals surface area contributed by atoms with Gasteiger partial charge in [0.15, 0.2) is 0 Å². The fraction of sp³-hybridized carbons (Fsp3) is 0.391. The summed E-state index contributed by atoms with van der Waals surface area (Å²) < 4.78 is 1.67. The molecule has 0 aliphatic carbocycles. The molecule has 8 nitrogen and oxygen atoms in total. The first kappa shape index (κ1) is 21.0. The van der Waals surface area contributed by atoms with Crippen LogP contribution in [0.5, 0.6) is 0 Å². The van der Waals surface area contributed by atoms with Gasteiger partial charge in [0.05, 0.1) is 11.6 Å². The Morgan fingerprint density at radius 1 is 1.32 bits per heavy atom. The molecule has 0 spiro atoms. The Kier molecular flexibility index (Phi) is 5.73. The number of aliphatic hydroxyl groups is 1. The highest BCUT2D eigenvalue weighted by Crippen LogP contribution is 2.49. The first-order valence-corrected chi connectivity index (χ1v) is 10.5. The highest BCUT2D eigenvalue weighted by Gasteiger charge is 2.57. The molecule has 0 unspecified atom stereocenters. The highest BCUT2D eigenvalue weighted by atomic mass is 16.3. The van der Waals surface area contributed by atoms with Crippen LogP contribution in [0.25, 0.3) is 6.08 Å². The van der Waals surface area contributed by atoms with Crippen molar-refractivity contribution in [2.75, 3.05) is 13.2 Å². The summed E-state index contributed by atoms with van der Waals surface area (Å²) in [7, 11) is 0. The number of nitrogens with zero attached hydrogens (tertiary/aromatic N) is 3. The van der Waals surface area contributed by atoms with Crippen LogP contribution in [0, 0.1) is 11.8 Å². The predicted octanol–water partition coefficient (Wildman–Crippen LogP) is 1.22. The van der Waals surface area contributed by atoms with Gasteiger partial charge < -0.3 is 19.9 Å². The second kappa shape index (κ2) is 8.47. The van der Waals surface area contributed by atoms with E-state index in [4.69, 9.17) is 0 Å². The number of fused-ring (bicyclic) bond motifs is 3. The van der Waals surface area contributed by atoms with E-state index in [0.29, 0.717) is 29.9 Å². The summed E-state index contributed by atoms with van der Waals surface area (Å²) in [5.74, 6) is -1.37. The van der Waals surface area contributed by atoms with Gasteiger partial charge in [-0.1, -0.05) is 12.2 Å². The third-order valence-electron chi connectivity index (χ3n) is 6.21. The molecule has 162 valence electrons. The van der Waals surface area contributed by atoms with E-state index in [-0.39, 0.29) is 29.9 Å². The van der Waals surface area contributed by atoms with Gasteiger partial charge in [-0.05, 0) is 38.1 Å². The minimum atomic E-state index is -0.827. The first-order valence-electron chi connectivity index (χ1n) is 10.5. The molecule has 2 aromatic rings. The van der Waals surface area contributed by atoms with Crippen molar-refractivity contribution in [2.24, 2.45) is 11.8 Å². The number of nitrogens with one attached hydrogen (secondary N) is 1. The van der Waals surface area contributed by atoms with E-state index >= 15 is 0 Å². The summed E-state index contributed by atoms with van der Waals surface area (Å²) in [5.41, 5.74) is 1.48. The molecule has 2 N–H and O–H groups in total. The monoisotopic (exact) mass is 422 g/mol. The highest BCUT2D eigenvalue weighted by molar-refractivity contribution is 5.98. The Morgan fingerprint density at radius 3 is 2.77 bits per heavy atom. The van der Waals surface area contributed by atoms with Crippen LogP contribution in [0.1, 0.15) is 41.5 Å². The molecule has 4 atom stereocenters. The van der Waals surface area contributed by atoms with Crippen LogP contribution in [0.15, 0.2) is 47.5 Å². The Bertz CT molecular complexity index is 1080. The lowest BCUT2D eigenvalue weighted by molar-refractivity contribution is -0.126. The zero-order valence-electron chi connectivity index (χ0n) is 17.6. The Hall–Kier alpha value is -3.26. The number of likely N-dealkylation sites (N-methyl/N-ethyl adjacent to an activating group) is 1. The normalized spacial score (nSPS) is 24.3. The van der Waals surface area contributed by atoms with Crippen molar-refractivity contribution in [2.45, 2.75) is 32.5 Å². The first-order chi connectivity index (χ1) is 15.0. The number of aliphatic hydroxyl groups excluding tert-OH is 1. The maximum absolute atomic E-state index is 13.6. The third kappa shape index (κ3) is 3.37. The van der Waals surface area contributed by atoms with Crippen LogP contribution in [-0.4, -0.2) is 50.6 Å². The van der Waals surface area contributed by atoms with Crippen LogP contribution in [-0.2, 0) is 11.3 Å². The van der Waals surface area contributed by atoms with E-state index < -0.39 is 18.0 Å². The number of hydrogen-bond donors (Lipinski definition) is 2. The van der Waals surface area contributed by atoms with E-state index in [1.807, 2.05) is 19.9 Å². The van der Waals surface area contributed by atoms with Gasteiger partial charge in [-0.25, -0.2) is 0 Å². The Labute approximate surface area is 180 Å². The molecule has 2 amide bonds. The van der Waals surface area contributed by atoms with Crippen LogP contribution in [0.3, 0.4) is 0 Å².